The van der Waals surface area contributed by atoms with Crippen LogP contribution in [0.15, 0.2) is 0 Å². The van der Waals surface area contributed by atoms with Crippen LogP contribution in [-0.2, 0) is 26.2 Å². The Morgan fingerprint density at radius 3 is 0.889 bits per heavy atom. The third kappa shape index (κ3) is 632. The smallest absolute Gasteiger partial charge is 0.412 e. The zero-order valence-corrected chi connectivity index (χ0v) is 8.79. The van der Waals surface area contributed by atoms with Gasteiger partial charge in [-0.15, -0.1) is 0 Å². The third-order valence-corrected chi connectivity index (χ3v) is 0. The fraction of sp³-hybridized carbons (Fsp3) is 0.667. The van der Waals surface area contributed by atoms with Gasteiger partial charge in [0.05, 0.1) is 0 Å². The SMILES string of the molecule is O.O.[CH2-]CC.[CH2-]CC.[Zr+2]. The molecule has 0 saturated heterocycles. The van der Waals surface area contributed by atoms with Crippen molar-refractivity contribution in [1.82, 2.24) is 0 Å². The van der Waals surface area contributed by atoms with E-state index < -0.39 is 0 Å². The monoisotopic (exact) mass is 212 g/mol. The van der Waals surface area contributed by atoms with Gasteiger partial charge in [0.2, 0.25) is 0 Å². The van der Waals surface area contributed by atoms with Gasteiger partial charge in [0, 0.05) is 0 Å². The summed E-state index contributed by atoms with van der Waals surface area (Å²) in [5.41, 5.74) is 0. The molecule has 0 unspecified atom stereocenters. The van der Waals surface area contributed by atoms with Crippen LogP contribution in [0.5, 0.6) is 0 Å². The van der Waals surface area contributed by atoms with Crippen molar-refractivity contribution in [2.24, 2.45) is 0 Å². The summed E-state index contributed by atoms with van der Waals surface area (Å²) in [5.74, 6) is 0. The predicted molar refractivity (Wildman–Crippen MR) is 38.5 cm³/mol. The molecule has 3 heteroatoms. The second kappa shape index (κ2) is 68.2. The minimum absolute atomic E-state index is 0. The molecule has 0 spiro atoms. The first-order valence-corrected chi connectivity index (χ1v) is 2.41. The van der Waals surface area contributed by atoms with E-state index in [1.807, 2.05) is 13.8 Å². The Balaban J connectivity index is -0.00000000889. The summed E-state index contributed by atoms with van der Waals surface area (Å²) in [7, 11) is 0. The van der Waals surface area contributed by atoms with Crippen LogP contribution < -0.4 is 0 Å². The van der Waals surface area contributed by atoms with Gasteiger partial charge in [-0.2, -0.15) is 12.8 Å². The van der Waals surface area contributed by atoms with Gasteiger partial charge in [-0.25, -0.2) is 0 Å². The summed E-state index contributed by atoms with van der Waals surface area (Å²) in [6, 6.07) is 0. The summed E-state index contributed by atoms with van der Waals surface area (Å²) in [6.45, 7) is 11.0. The Labute approximate surface area is 77.8 Å². The Hall–Kier alpha value is 0.803. The molecule has 0 atom stereocenters. The normalized spacial score (nSPS) is 4.00. The van der Waals surface area contributed by atoms with E-state index in [1.54, 1.807) is 0 Å². The van der Waals surface area contributed by atoms with Crippen LogP contribution in [0, 0.1) is 13.8 Å². The third-order valence-electron chi connectivity index (χ3n) is 0. The molecule has 0 saturated carbocycles. The Morgan fingerprint density at radius 2 is 0.889 bits per heavy atom. The molecule has 0 radical (unpaired) electrons. The molecule has 0 aliphatic carbocycles. The first-order chi connectivity index (χ1) is 2.83. The molecule has 0 amide bonds. The molecular formula is C6H18O2Zr. The zero-order chi connectivity index (χ0) is 5.41. The van der Waals surface area contributed by atoms with Crippen molar-refractivity contribution in [3.63, 3.8) is 0 Å². The molecule has 0 aliphatic heterocycles. The molecule has 0 aromatic carbocycles. The van der Waals surface area contributed by atoms with E-state index >= 15 is 0 Å². The molecule has 2 nitrogen and oxygen atoms in total. The van der Waals surface area contributed by atoms with Gasteiger partial charge >= 0.3 is 26.2 Å². The maximum absolute atomic E-state index is 3.49. The first kappa shape index (κ1) is 32.9. The summed E-state index contributed by atoms with van der Waals surface area (Å²) >= 11 is 0. The molecule has 0 fully saturated rings. The van der Waals surface area contributed by atoms with Crippen molar-refractivity contribution >= 4 is 0 Å². The Kier molecular flexibility index (Phi) is 250. The molecular weight excluding hydrogens is 195 g/mol. The topological polar surface area (TPSA) is 63.0 Å². The molecule has 58 valence electrons. The molecule has 4 N–H and O–H groups in total. The van der Waals surface area contributed by atoms with Crippen LogP contribution in [0.4, 0.5) is 0 Å². The van der Waals surface area contributed by atoms with Gasteiger partial charge in [-0.05, 0) is 0 Å². The predicted octanol–water partition coefficient (Wildman–Crippen LogP) is 0.809. The van der Waals surface area contributed by atoms with Crippen molar-refractivity contribution in [3.8, 4) is 0 Å². The molecule has 0 aliphatic rings. The van der Waals surface area contributed by atoms with E-state index in [2.05, 4.69) is 13.8 Å². The van der Waals surface area contributed by atoms with Crippen molar-refractivity contribution in [2.45, 2.75) is 26.7 Å². The van der Waals surface area contributed by atoms with E-state index in [0.717, 1.165) is 12.8 Å². The van der Waals surface area contributed by atoms with Crippen LogP contribution in [-0.4, -0.2) is 11.0 Å². The van der Waals surface area contributed by atoms with Gasteiger partial charge in [-0.1, -0.05) is 13.8 Å². The van der Waals surface area contributed by atoms with E-state index in [9.17, 15) is 0 Å². The van der Waals surface area contributed by atoms with Crippen LogP contribution in [0.2, 0.25) is 0 Å². The number of hydrogen-bond acceptors (Lipinski definition) is 0. The van der Waals surface area contributed by atoms with Crippen molar-refractivity contribution < 1.29 is 37.2 Å². The second-order valence-electron chi connectivity index (χ2n) is 1.000. The van der Waals surface area contributed by atoms with Crippen molar-refractivity contribution in [3.05, 3.63) is 13.8 Å². The van der Waals surface area contributed by atoms with Crippen LogP contribution in [0.25, 0.3) is 0 Å². The summed E-state index contributed by atoms with van der Waals surface area (Å²) < 4.78 is 0. The van der Waals surface area contributed by atoms with Gasteiger partial charge < -0.3 is 24.8 Å². The maximum atomic E-state index is 3.49. The van der Waals surface area contributed by atoms with E-state index in [0.29, 0.717) is 0 Å². The molecule has 0 rings (SSSR count). The summed E-state index contributed by atoms with van der Waals surface area (Å²) in [6.07, 6.45) is 2.00. The van der Waals surface area contributed by atoms with E-state index in [-0.39, 0.29) is 37.2 Å². The fourth-order valence-corrected chi connectivity index (χ4v) is 0. The first-order valence-electron chi connectivity index (χ1n) is 2.41. The average Bonchev–Trinajstić information content (AvgIpc) is 1.39. The molecule has 0 aromatic heterocycles. The second-order valence-corrected chi connectivity index (χ2v) is 1.000. The summed E-state index contributed by atoms with van der Waals surface area (Å²) in [4.78, 5) is 0. The Morgan fingerprint density at radius 1 is 0.889 bits per heavy atom. The van der Waals surface area contributed by atoms with Crippen molar-refractivity contribution in [1.29, 1.82) is 0 Å². The molecule has 0 heterocycles. The average molecular weight is 213 g/mol. The van der Waals surface area contributed by atoms with Gasteiger partial charge in [0.25, 0.3) is 0 Å². The number of rotatable bonds is 0. The number of hydrogen-bond donors (Lipinski definition) is 0. The van der Waals surface area contributed by atoms with Gasteiger partial charge in [0.15, 0.2) is 0 Å². The molecule has 0 aromatic rings. The maximum Gasteiger partial charge on any atom is 2.00 e. The quantitative estimate of drug-likeness (QED) is 0.535. The largest absolute Gasteiger partial charge is 2.00 e. The molecule has 9 heavy (non-hydrogen) atoms. The standard InChI is InChI=1S/2C3H7.2H2O.Zr/c2*1-3-2;;;/h2*1,3H2,2H3;2*1H2;/q2*-1;;;+2. The minimum Gasteiger partial charge on any atom is -0.412 e. The van der Waals surface area contributed by atoms with Crippen LogP contribution >= 0.6 is 0 Å². The van der Waals surface area contributed by atoms with Gasteiger partial charge in [-0.3, -0.25) is 0 Å². The Bertz CT molecular complexity index is 13.0. The fourth-order valence-electron chi connectivity index (χ4n) is 0. The minimum atomic E-state index is 0. The molecule has 0 bridgehead atoms. The van der Waals surface area contributed by atoms with Crippen LogP contribution in [0.3, 0.4) is 0 Å². The van der Waals surface area contributed by atoms with E-state index in [4.69, 9.17) is 0 Å². The zero-order valence-electron chi connectivity index (χ0n) is 6.33. The van der Waals surface area contributed by atoms with Gasteiger partial charge in [0.1, 0.15) is 0 Å². The summed E-state index contributed by atoms with van der Waals surface area (Å²) in [5, 5.41) is 0. The van der Waals surface area contributed by atoms with Crippen molar-refractivity contribution in [2.75, 3.05) is 0 Å². The van der Waals surface area contributed by atoms with Crippen LogP contribution in [0.1, 0.15) is 26.7 Å². The van der Waals surface area contributed by atoms with E-state index in [1.165, 1.54) is 0 Å².